The number of aromatic nitrogens is 2. The zero-order valence-corrected chi connectivity index (χ0v) is 14.4. The molecule has 128 valence electrons. The Morgan fingerprint density at radius 2 is 2.04 bits per heavy atom. The van der Waals surface area contributed by atoms with E-state index in [9.17, 15) is 4.79 Å². The molecule has 0 radical (unpaired) electrons. The Labute approximate surface area is 143 Å². The molecule has 1 fully saturated rings. The second-order valence-corrected chi connectivity index (χ2v) is 6.59. The summed E-state index contributed by atoms with van der Waals surface area (Å²) in [6, 6.07) is 8.14. The molecule has 1 aliphatic rings. The van der Waals surface area contributed by atoms with Gasteiger partial charge in [0.1, 0.15) is 11.4 Å². The van der Waals surface area contributed by atoms with Crippen molar-refractivity contribution in [3.63, 3.8) is 0 Å². The van der Waals surface area contributed by atoms with Crippen molar-refractivity contribution in [1.82, 2.24) is 15.1 Å². The molecule has 24 heavy (non-hydrogen) atoms. The van der Waals surface area contributed by atoms with Crippen LogP contribution in [-0.4, -0.2) is 21.7 Å². The largest absolute Gasteiger partial charge is 0.471 e. The smallest absolute Gasteiger partial charge is 0.271 e. The molecule has 1 amide bonds. The van der Waals surface area contributed by atoms with Crippen LogP contribution >= 0.6 is 0 Å². The van der Waals surface area contributed by atoms with Crippen LogP contribution in [0.25, 0.3) is 0 Å². The van der Waals surface area contributed by atoms with Crippen molar-refractivity contribution in [3.05, 3.63) is 47.3 Å². The molecule has 5 nitrogen and oxygen atoms in total. The summed E-state index contributed by atoms with van der Waals surface area (Å²) >= 11 is 0. The van der Waals surface area contributed by atoms with Gasteiger partial charge in [0.2, 0.25) is 0 Å². The third kappa shape index (κ3) is 4.16. The fourth-order valence-electron chi connectivity index (χ4n) is 3.06. The predicted molar refractivity (Wildman–Crippen MR) is 93.1 cm³/mol. The standard InChI is InChI=1S/C19H25N3O2/c1-14-8-9-15(2)18(12-14)24-13-22-11-10-17(21-22)19(23)20-16-6-4-3-5-7-16/h8-12,16H,3-7,13H2,1-2H3,(H,20,23). The summed E-state index contributed by atoms with van der Waals surface area (Å²) in [6.45, 7) is 4.34. The van der Waals surface area contributed by atoms with Gasteiger partial charge in [-0.15, -0.1) is 0 Å². The number of nitrogens with one attached hydrogen (secondary N) is 1. The highest BCUT2D eigenvalue weighted by atomic mass is 16.5. The van der Waals surface area contributed by atoms with Crippen LogP contribution in [0.15, 0.2) is 30.5 Å². The van der Waals surface area contributed by atoms with Gasteiger partial charge in [0.15, 0.2) is 6.73 Å². The molecular weight excluding hydrogens is 302 g/mol. The number of hydrogen-bond donors (Lipinski definition) is 1. The molecule has 0 aliphatic heterocycles. The highest BCUT2D eigenvalue weighted by Gasteiger charge is 2.18. The molecule has 0 atom stereocenters. The number of amides is 1. The van der Waals surface area contributed by atoms with E-state index in [1.165, 1.54) is 19.3 Å². The van der Waals surface area contributed by atoms with Crippen LogP contribution in [0.2, 0.25) is 0 Å². The van der Waals surface area contributed by atoms with Gasteiger partial charge in [-0.05, 0) is 49.9 Å². The van der Waals surface area contributed by atoms with E-state index in [2.05, 4.69) is 16.5 Å². The summed E-state index contributed by atoms with van der Waals surface area (Å²) < 4.78 is 7.47. The maximum absolute atomic E-state index is 12.3. The first kappa shape index (κ1) is 16.6. The molecule has 0 saturated heterocycles. The highest BCUT2D eigenvalue weighted by molar-refractivity contribution is 5.92. The van der Waals surface area contributed by atoms with Gasteiger partial charge in [-0.25, -0.2) is 4.68 Å². The molecule has 1 saturated carbocycles. The molecule has 1 aromatic carbocycles. The van der Waals surface area contributed by atoms with Crippen molar-refractivity contribution in [2.24, 2.45) is 0 Å². The molecule has 2 aromatic rings. The van der Waals surface area contributed by atoms with Gasteiger partial charge in [0.25, 0.3) is 5.91 Å². The van der Waals surface area contributed by atoms with Crippen LogP contribution in [0.5, 0.6) is 5.75 Å². The van der Waals surface area contributed by atoms with E-state index < -0.39 is 0 Å². The molecule has 0 spiro atoms. The van der Waals surface area contributed by atoms with Gasteiger partial charge in [-0.3, -0.25) is 4.79 Å². The average Bonchev–Trinajstić information content (AvgIpc) is 3.06. The molecule has 1 N–H and O–H groups in total. The minimum atomic E-state index is -0.0904. The number of carbonyl (C=O) groups is 1. The normalized spacial score (nSPS) is 15.2. The van der Waals surface area contributed by atoms with Gasteiger partial charge < -0.3 is 10.1 Å². The SMILES string of the molecule is Cc1ccc(C)c(OCn2ccc(C(=O)NC3CCCCC3)n2)c1. The van der Waals surface area contributed by atoms with Crippen molar-refractivity contribution >= 4 is 5.91 Å². The maximum Gasteiger partial charge on any atom is 0.271 e. The van der Waals surface area contributed by atoms with E-state index in [-0.39, 0.29) is 5.91 Å². The van der Waals surface area contributed by atoms with E-state index in [4.69, 9.17) is 4.74 Å². The van der Waals surface area contributed by atoms with E-state index in [1.54, 1.807) is 16.9 Å². The minimum Gasteiger partial charge on any atom is -0.471 e. The topological polar surface area (TPSA) is 56.1 Å². The first-order valence-electron chi connectivity index (χ1n) is 8.66. The van der Waals surface area contributed by atoms with Crippen LogP contribution in [0, 0.1) is 13.8 Å². The van der Waals surface area contributed by atoms with Crippen LogP contribution in [0.3, 0.4) is 0 Å². The van der Waals surface area contributed by atoms with Gasteiger partial charge in [-0.2, -0.15) is 5.10 Å². The van der Waals surface area contributed by atoms with Gasteiger partial charge in [0, 0.05) is 12.2 Å². The quantitative estimate of drug-likeness (QED) is 0.913. The lowest BCUT2D eigenvalue weighted by Crippen LogP contribution is -2.36. The number of nitrogens with zero attached hydrogens (tertiary/aromatic N) is 2. The summed E-state index contributed by atoms with van der Waals surface area (Å²) in [7, 11) is 0. The summed E-state index contributed by atoms with van der Waals surface area (Å²) in [4.78, 5) is 12.3. The van der Waals surface area contributed by atoms with Crippen molar-refractivity contribution in [1.29, 1.82) is 0 Å². The Kier molecular flexibility index (Phi) is 5.18. The van der Waals surface area contributed by atoms with Crippen LogP contribution in [-0.2, 0) is 6.73 Å². The van der Waals surface area contributed by atoms with E-state index in [1.807, 2.05) is 26.0 Å². The number of aryl methyl sites for hydroxylation is 2. The number of benzene rings is 1. The third-order valence-corrected chi connectivity index (χ3v) is 4.51. The molecular formula is C19H25N3O2. The first-order valence-corrected chi connectivity index (χ1v) is 8.66. The number of ether oxygens (including phenoxy) is 1. The molecule has 1 heterocycles. The van der Waals surface area contributed by atoms with Crippen LogP contribution in [0.4, 0.5) is 0 Å². The van der Waals surface area contributed by atoms with E-state index in [0.717, 1.165) is 29.7 Å². The lowest BCUT2D eigenvalue weighted by atomic mass is 9.95. The zero-order chi connectivity index (χ0) is 16.9. The summed E-state index contributed by atoms with van der Waals surface area (Å²) in [6.07, 6.45) is 7.59. The van der Waals surface area contributed by atoms with Gasteiger partial charge >= 0.3 is 0 Å². The predicted octanol–water partition coefficient (Wildman–Crippen LogP) is 3.60. The summed E-state index contributed by atoms with van der Waals surface area (Å²) in [5, 5.41) is 7.41. The third-order valence-electron chi connectivity index (χ3n) is 4.51. The van der Waals surface area contributed by atoms with Crippen molar-refractivity contribution in [2.45, 2.75) is 58.7 Å². The minimum absolute atomic E-state index is 0.0904. The summed E-state index contributed by atoms with van der Waals surface area (Å²) in [5.41, 5.74) is 2.69. The first-order chi connectivity index (χ1) is 11.6. The van der Waals surface area contributed by atoms with Crippen molar-refractivity contribution in [2.75, 3.05) is 0 Å². The Balaban J connectivity index is 1.56. The fourth-order valence-corrected chi connectivity index (χ4v) is 3.06. The highest BCUT2D eigenvalue weighted by Crippen LogP contribution is 2.20. The molecule has 3 rings (SSSR count). The molecule has 1 aromatic heterocycles. The van der Waals surface area contributed by atoms with E-state index in [0.29, 0.717) is 18.5 Å². The second kappa shape index (κ2) is 7.51. The van der Waals surface area contributed by atoms with Crippen LogP contribution < -0.4 is 10.1 Å². The Bertz CT molecular complexity index is 702. The number of carbonyl (C=O) groups excluding carboxylic acids is 1. The average molecular weight is 327 g/mol. The fraction of sp³-hybridized carbons (Fsp3) is 0.474. The monoisotopic (exact) mass is 327 g/mol. The van der Waals surface area contributed by atoms with Crippen molar-refractivity contribution in [3.8, 4) is 5.75 Å². The van der Waals surface area contributed by atoms with Crippen LogP contribution in [0.1, 0.15) is 53.7 Å². The Morgan fingerprint density at radius 1 is 1.25 bits per heavy atom. The van der Waals surface area contributed by atoms with Gasteiger partial charge in [-0.1, -0.05) is 31.4 Å². The lowest BCUT2D eigenvalue weighted by molar-refractivity contribution is 0.0920. The lowest BCUT2D eigenvalue weighted by Gasteiger charge is -2.22. The van der Waals surface area contributed by atoms with Gasteiger partial charge in [0.05, 0.1) is 0 Å². The summed E-state index contributed by atoms with van der Waals surface area (Å²) in [5.74, 6) is 0.756. The Hall–Kier alpha value is -2.30. The molecule has 5 heteroatoms. The number of rotatable bonds is 5. The second-order valence-electron chi connectivity index (χ2n) is 6.59. The molecule has 0 bridgehead atoms. The zero-order valence-electron chi connectivity index (χ0n) is 14.4. The van der Waals surface area contributed by atoms with E-state index >= 15 is 0 Å². The number of hydrogen-bond acceptors (Lipinski definition) is 3. The Morgan fingerprint density at radius 3 is 2.83 bits per heavy atom. The maximum atomic E-state index is 12.3. The van der Waals surface area contributed by atoms with Crippen molar-refractivity contribution < 1.29 is 9.53 Å². The molecule has 1 aliphatic carbocycles. The molecule has 0 unspecified atom stereocenters.